The second-order valence-electron chi connectivity index (χ2n) is 18.6. The van der Waals surface area contributed by atoms with Gasteiger partial charge in [-0.2, -0.15) is 11.8 Å². The van der Waals surface area contributed by atoms with E-state index in [-0.39, 0.29) is 46.8 Å². The lowest BCUT2D eigenvalue weighted by Crippen LogP contribution is -2.42. The van der Waals surface area contributed by atoms with Crippen LogP contribution in [0, 0.1) is 20.2 Å². The van der Waals surface area contributed by atoms with Crippen LogP contribution in [0.1, 0.15) is 76.8 Å². The maximum absolute atomic E-state index is 13.6. The average molecular weight is 1190 g/mol. The number of amides is 2. The molecule has 0 saturated heterocycles. The standard InChI is InChI=1S/C56H62N4O17S3Si/c1-5-76-81(71,77-6-2)29-11-28-78-27-10-12-38-30-45-34-41-15-7-13-39(53(41)72-3)32-43-17-9-18-44(55(43)74-36-51(61)57-79(67,68)49-23-19-47(20-24-49)59(63)64)33-40-14-8-16-42(54(40)73-4)35-46(31-38)56(45)75-37-52(62)58-80(69,70)50-25-21-48(22-26-50)60(65)66/h7-9,13-26,30-31,71H,5-6,10-12,27-29,32-37H2,1-4H3,(H,57,61)(H,58,62). The van der Waals surface area contributed by atoms with Gasteiger partial charge >= 0.3 is 8.80 Å². The van der Waals surface area contributed by atoms with Gasteiger partial charge in [-0.15, -0.1) is 0 Å². The number of non-ortho nitro benzene ring substituents is 2. The highest BCUT2D eigenvalue weighted by Crippen LogP contribution is 2.40. The van der Waals surface area contributed by atoms with Gasteiger partial charge < -0.3 is 32.6 Å². The van der Waals surface area contributed by atoms with E-state index in [2.05, 4.69) is 0 Å². The van der Waals surface area contributed by atoms with Gasteiger partial charge in [-0.05, 0) is 119 Å². The number of para-hydroxylation sites is 3. The Morgan fingerprint density at radius 3 is 1.30 bits per heavy atom. The highest BCUT2D eigenvalue weighted by Gasteiger charge is 2.35. The van der Waals surface area contributed by atoms with Crippen LogP contribution in [0.15, 0.2) is 125 Å². The number of aryl methyl sites for hydroxylation is 1. The summed E-state index contributed by atoms with van der Waals surface area (Å²) in [4.78, 5) is 58.3. The highest BCUT2D eigenvalue weighted by atomic mass is 32.2. The molecule has 0 aliphatic heterocycles. The molecule has 0 atom stereocenters. The molecule has 1 aliphatic rings. The maximum atomic E-state index is 13.6. The molecule has 0 unspecified atom stereocenters. The Bertz CT molecular complexity index is 3370. The summed E-state index contributed by atoms with van der Waals surface area (Å²) in [5, 5.41) is 22.4. The molecule has 430 valence electrons. The smallest absolute Gasteiger partial charge is 0.496 e. The number of nitrogens with zero attached hydrogens (tertiary/aromatic N) is 2. The van der Waals surface area contributed by atoms with Gasteiger partial charge in [-0.25, -0.2) is 26.3 Å². The minimum atomic E-state index is -4.48. The number of sulfonamides is 2. The summed E-state index contributed by atoms with van der Waals surface area (Å²) in [6, 6.07) is 29.4. The Morgan fingerprint density at radius 2 is 0.926 bits per heavy atom. The van der Waals surface area contributed by atoms with E-state index >= 15 is 0 Å². The molecule has 0 heterocycles. The molecular formula is C56H62N4O17S3Si. The molecule has 0 aromatic heterocycles. The van der Waals surface area contributed by atoms with Crippen LogP contribution >= 0.6 is 11.8 Å². The highest BCUT2D eigenvalue weighted by molar-refractivity contribution is 7.99. The summed E-state index contributed by atoms with van der Waals surface area (Å²) in [6.07, 6.45) is 2.94. The zero-order chi connectivity index (χ0) is 58.3. The number of carbonyl (C=O) groups excluding carboxylic acids is 2. The summed E-state index contributed by atoms with van der Waals surface area (Å²) in [5.41, 5.74) is 5.70. The Kier molecular flexibility index (Phi) is 21.1. The van der Waals surface area contributed by atoms with Crippen molar-refractivity contribution in [1.82, 2.24) is 9.44 Å². The second-order valence-corrected chi connectivity index (χ2v) is 25.7. The molecule has 7 rings (SSSR count). The molecule has 0 radical (unpaired) electrons. The van der Waals surface area contributed by atoms with Crippen molar-refractivity contribution in [2.24, 2.45) is 0 Å². The Labute approximate surface area is 475 Å². The quantitative estimate of drug-likeness (QED) is 0.0200. The van der Waals surface area contributed by atoms with Gasteiger partial charge in [0.2, 0.25) is 0 Å². The van der Waals surface area contributed by atoms with Gasteiger partial charge in [0, 0.05) is 69.2 Å². The normalized spacial score (nSPS) is 12.5. The van der Waals surface area contributed by atoms with E-state index in [0.717, 1.165) is 78.4 Å². The van der Waals surface area contributed by atoms with Gasteiger partial charge in [0.1, 0.15) is 23.0 Å². The van der Waals surface area contributed by atoms with E-state index in [1.165, 1.54) is 14.2 Å². The van der Waals surface area contributed by atoms with E-state index in [1.807, 2.05) is 90.0 Å². The van der Waals surface area contributed by atoms with E-state index in [1.54, 1.807) is 11.8 Å². The predicted molar refractivity (Wildman–Crippen MR) is 304 cm³/mol. The van der Waals surface area contributed by atoms with Crippen molar-refractivity contribution in [2.45, 2.75) is 74.6 Å². The van der Waals surface area contributed by atoms with Crippen molar-refractivity contribution in [3.63, 3.8) is 0 Å². The first-order valence-electron chi connectivity index (χ1n) is 25.8. The third-order valence-electron chi connectivity index (χ3n) is 13.0. The molecule has 21 nitrogen and oxygen atoms in total. The number of hydrogen-bond acceptors (Lipinski definition) is 18. The van der Waals surface area contributed by atoms with Crippen LogP contribution in [0.5, 0.6) is 23.0 Å². The fraction of sp³-hybridized carbons (Fsp3) is 0.321. The Hall–Kier alpha value is -7.39. The molecule has 25 heteroatoms. The van der Waals surface area contributed by atoms with Crippen molar-refractivity contribution in [2.75, 3.05) is 52.2 Å². The van der Waals surface area contributed by atoms with Crippen LogP contribution in [0.25, 0.3) is 0 Å². The summed E-state index contributed by atoms with van der Waals surface area (Å²) < 4.78 is 93.5. The van der Waals surface area contributed by atoms with Crippen LogP contribution < -0.4 is 28.4 Å². The molecule has 8 bridgehead atoms. The average Bonchev–Trinajstić information content (AvgIpc) is 3.48. The number of thioether (sulfide) groups is 1. The van der Waals surface area contributed by atoms with Crippen LogP contribution in [-0.4, -0.2) is 104 Å². The second kappa shape index (κ2) is 27.9. The SMILES string of the molecule is CCO[Si](O)(CCCSCCCc1cc2c(OCC(=O)NS(=O)(=O)c3ccc([N+](=O)[O-])cc3)c(c1)Cc1cccc(c1OC)Cc1cccc(c1OCC(=O)NS(=O)(=O)c1ccc([N+](=O)[O-])cc1)Cc1cccc(c1OC)C2)OCC. The first-order valence-corrected chi connectivity index (χ1v) is 31.8. The van der Waals surface area contributed by atoms with Crippen molar-refractivity contribution in [3.05, 3.63) is 186 Å². The number of nitro groups is 2. The number of hydrogen-bond donors (Lipinski definition) is 3. The zero-order valence-electron chi connectivity index (χ0n) is 45.0. The lowest BCUT2D eigenvalue weighted by Gasteiger charge is -2.23. The number of nitro benzene ring substituents is 2. The topological polar surface area (TPSA) is 288 Å². The van der Waals surface area contributed by atoms with Gasteiger partial charge in [0.15, 0.2) is 13.2 Å². The molecule has 0 saturated carbocycles. The monoisotopic (exact) mass is 1190 g/mol. The molecule has 0 spiro atoms. The van der Waals surface area contributed by atoms with Crippen LogP contribution in [0.4, 0.5) is 11.4 Å². The summed E-state index contributed by atoms with van der Waals surface area (Å²) in [5.74, 6) is 1.23. The first-order chi connectivity index (χ1) is 38.8. The number of methoxy groups -OCH3 is 2. The van der Waals surface area contributed by atoms with Crippen LogP contribution in [0.3, 0.4) is 0 Å². The van der Waals surface area contributed by atoms with Gasteiger partial charge in [0.25, 0.3) is 43.2 Å². The minimum absolute atomic E-state index is 0.196. The number of ether oxygens (including phenoxy) is 4. The minimum Gasteiger partial charge on any atom is -0.496 e. The molecule has 3 N–H and O–H groups in total. The first kappa shape index (κ1) is 61.2. The predicted octanol–water partition coefficient (Wildman–Crippen LogP) is 8.02. The Balaban J connectivity index is 1.24. The van der Waals surface area contributed by atoms with Crippen molar-refractivity contribution in [3.8, 4) is 23.0 Å². The van der Waals surface area contributed by atoms with E-state index in [4.69, 9.17) is 27.8 Å². The number of rotatable bonds is 26. The van der Waals surface area contributed by atoms with E-state index < -0.39 is 63.7 Å². The van der Waals surface area contributed by atoms with Gasteiger partial charge in [-0.1, -0.05) is 66.7 Å². The summed E-state index contributed by atoms with van der Waals surface area (Å²) >= 11 is 1.76. The van der Waals surface area contributed by atoms with E-state index in [9.17, 15) is 51.4 Å². The maximum Gasteiger partial charge on any atom is 0.498 e. The summed E-state index contributed by atoms with van der Waals surface area (Å²) in [7, 11) is -9.09. The zero-order valence-corrected chi connectivity index (χ0v) is 48.4. The largest absolute Gasteiger partial charge is 0.498 e. The van der Waals surface area contributed by atoms with E-state index in [0.29, 0.717) is 93.2 Å². The third-order valence-corrected chi connectivity index (χ3v) is 19.3. The fourth-order valence-corrected chi connectivity index (χ4v) is 14.5. The van der Waals surface area contributed by atoms with Gasteiger partial charge in [-0.3, -0.25) is 29.8 Å². The lowest BCUT2D eigenvalue weighted by atomic mass is 9.90. The number of benzene rings is 6. The van der Waals surface area contributed by atoms with Crippen LogP contribution in [-0.2, 0) is 70.6 Å². The molecule has 81 heavy (non-hydrogen) atoms. The van der Waals surface area contributed by atoms with Crippen molar-refractivity contribution < 1.29 is 68.9 Å². The van der Waals surface area contributed by atoms with Gasteiger partial charge in [0.05, 0.1) is 33.9 Å². The molecule has 2 amide bonds. The fourth-order valence-electron chi connectivity index (χ4n) is 9.46. The van der Waals surface area contributed by atoms with Crippen molar-refractivity contribution in [1.29, 1.82) is 0 Å². The molecule has 6 aromatic carbocycles. The lowest BCUT2D eigenvalue weighted by molar-refractivity contribution is -0.385. The molecule has 6 aromatic rings. The molecular weight excluding hydrogens is 1120 g/mol. The van der Waals surface area contributed by atoms with Crippen LogP contribution in [0.2, 0.25) is 6.04 Å². The molecule has 0 fully saturated rings. The number of carbonyl (C=O) groups is 2. The molecule has 1 aliphatic carbocycles. The number of nitrogens with one attached hydrogen (secondary N) is 2. The van der Waals surface area contributed by atoms with Crippen molar-refractivity contribution >= 4 is 63.8 Å². The third kappa shape index (κ3) is 16.2. The Morgan fingerprint density at radius 1 is 0.568 bits per heavy atom. The summed E-state index contributed by atoms with van der Waals surface area (Å²) in [6.45, 7) is 2.92. The number of fused-ring (bicyclic) bond motifs is 8.